The van der Waals surface area contributed by atoms with Crippen molar-refractivity contribution in [3.8, 4) is 0 Å². The van der Waals surface area contributed by atoms with Gasteiger partial charge in [-0.15, -0.1) is 0 Å². The number of ether oxygens (including phenoxy) is 1. The molecular formula is C13H17NO3S. The number of carbonyl (C=O) groups is 2. The smallest absolute Gasteiger partial charge is 0.325 e. The number of hydrogen-bond donors (Lipinski definition) is 2. The molecule has 1 unspecified atom stereocenters. The number of amides is 1. The topological polar surface area (TPSA) is 55.4 Å². The highest BCUT2D eigenvalue weighted by molar-refractivity contribution is 7.80. The second-order valence-electron chi connectivity index (χ2n) is 3.86. The SMILES string of the molecule is COC(=O)CNC(=O)C(CS)Cc1ccccc1. The van der Waals surface area contributed by atoms with Crippen LogP contribution in [0.25, 0.3) is 0 Å². The van der Waals surface area contributed by atoms with Crippen molar-refractivity contribution in [1.29, 1.82) is 0 Å². The number of hydrogen-bond acceptors (Lipinski definition) is 4. The fraction of sp³-hybridized carbons (Fsp3) is 0.385. The highest BCUT2D eigenvalue weighted by Crippen LogP contribution is 2.10. The molecule has 1 rings (SSSR count). The molecule has 0 spiro atoms. The lowest BCUT2D eigenvalue weighted by Crippen LogP contribution is -2.36. The van der Waals surface area contributed by atoms with Crippen LogP contribution in [0.3, 0.4) is 0 Å². The van der Waals surface area contributed by atoms with Crippen LogP contribution in [0.4, 0.5) is 0 Å². The minimum Gasteiger partial charge on any atom is -0.468 e. The average Bonchev–Trinajstić information content (AvgIpc) is 2.42. The summed E-state index contributed by atoms with van der Waals surface area (Å²) in [5.74, 6) is -0.456. The summed E-state index contributed by atoms with van der Waals surface area (Å²) in [5.41, 5.74) is 1.07. The van der Waals surface area contributed by atoms with Gasteiger partial charge in [-0.1, -0.05) is 30.3 Å². The van der Waals surface area contributed by atoms with Gasteiger partial charge in [0.15, 0.2) is 0 Å². The largest absolute Gasteiger partial charge is 0.468 e. The minimum atomic E-state index is -0.457. The third-order valence-corrected chi connectivity index (χ3v) is 2.99. The Morgan fingerprint density at radius 1 is 1.33 bits per heavy atom. The molecule has 98 valence electrons. The van der Waals surface area contributed by atoms with Crippen molar-refractivity contribution in [2.45, 2.75) is 6.42 Å². The van der Waals surface area contributed by atoms with Crippen LogP contribution in [-0.2, 0) is 20.7 Å². The summed E-state index contributed by atoms with van der Waals surface area (Å²) in [6.07, 6.45) is 0.608. The van der Waals surface area contributed by atoms with Gasteiger partial charge in [-0.25, -0.2) is 0 Å². The van der Waals surface area contributed by atoms with Crippen molar-refractivity contribution in [2.24, 2.45) is 5.92 Å². The molecular weight excluding hydrogens is 250 g/mol. The third-order valence-electron chi connectivity index (χ3n) is 2.55. The van der Waals surface area contributed by atoms with Crippen LogP contribution < -0.4 is 5.32 Å². The monoisotopic (exact) mass is 267 g/mol. The number of rotatable bonds is 6. The Morgan fingerprint density at radius 2 is 2.00 bits per heavy atom. The van der Waals surface area contributed by atoms with E-state index in [1.165, 1.54) is 7.11 Å². The van der Waals surface area contributed by atoms with Gasteiger partial charge in [-0.05, 0) is 12.0 Å². The predicted molar refractivity (Wildman–Crippen MR) is 72.5 cm³/mol. The van der Waals surface area contributed by atoms with Gasteiger partial charge in [0.2, 0.25) is 5.91 Å². The van der Waals surface area contributed by atoms with Crippen molar-refractivity contribution in [1.82, 2.24) is 5.32 Å². The van der Waals surface area contributed by atoms with Crippen LogP contribution in [0.2, 0.25) is 0 Å². The van der Waals surface area contributed by atoms with Crippen molar-refractivity contribution >= 4 is 24.5 Å². The van der Waals surface area contributed by atoms with Gasteiger partial charge in [0.05, 0.1) is 13.0 Å². The predicted octanol–water partition coefficient (Wildman–Crippen LogP) is 1.06. The van der Waals surface area contributed by atoms with E-state index in [0.29, 0.717) is 12.2 Å². The van der Waals surface area contributed by atoms with E-state index >= 15 is 0 Å². The highest BCUT2D eigenvalue weighted by Gasteiger charge is 2.17. The molecule has 5 heteroatoms. The zero-order chi connectivity index (χ0) is 13.4. The molecule has 0 aliphatic heterocycles. The maximum absolute atomic E-state index is 11.8. The van der Waals surface area contributed by atoms with E-state index in [2.05, 4.69) is 22.7 Å². The fourth-order valence-electron chi connectivity index (χ4n) is 1.51. The van der Waals surface area contributed by atoms with Gasteiger partial charge >= 0.3 is 5.97 Å². The molecule has 1 aromatic rings. The van der Waals surface area contributed by atoms with Gasteiger partial charge in [-0.2, -0.15) is 12.6 Å². The van der Waals surface area contributed by atoms with Crippen LogP contribution in [0.15, 0.2) is 30.3 Å². The third kappa shape index (κ3) is 4.79. The van der Waals surface area contributed by atoms with Crippen LogP contribution >= 0.6 is 12.6 Å². The lowest BCUT2D eigenvalue weighted by atomic mass is 10.0. The summed E-state index contributed by atoms with van der Waals surface area (Å²) in [7, 11) is 1.29. The first-order chi connectivity index (χ1) is 8.67. The molecule has 1 N–H and O–H groups in total. The standard InChI is InChI=1S/C13H17NO3S/c1-17-12(15)8-14-13(16)11(9-18)7-10-5-3-2-4-6-10/h2-6,11,18H,7-9H2,1H3,(H,14,16). The number of benzene rings is 1. The summed E-state index contributed by atoms with van der Waals surface area (Å²) in [4.78, 5) is 22.8. The molecule has 1 aromatic carbocycles. The van der Waals surface area contributed by atoms with Gasteiger partial charge < -0.3 is 10.1 Å². The van der Waals surface area contributed by atoms with E-state index in [1.54, 1.807) is 0 Å². The van der Waals surface area contributed by atoms with Gasteiger partial charge in [0.25, 0.3) is 0 Å². The van der Waals surface area contributed by atoms with E-state index in [9.17, 15) is 9.59 Å². The molecule has 0 fully saturated rings. The summed E-state index contributed by atoms with van der Waals surface area (Å²) in [6, 6.07) is 9.71. The van der Waals surface area contributed by atoms with Crippen molar-refractivity contribution in [3.63, 3.8) is 0 Å². The van der Waals surface area contributed by atoms with Crippen molar-refractivity contribution in [2.75, 3.05) is 19.4 Å². The van der Waals surface area contributed by atoms with Crippen molar-refractivity contribution < 1.29 is 14.3 Å². The molecule has 0 aromatic heterocycles. The number of thiol groups is 1. The summed E-state index contributed by atoms with van der Waals surface area (Å²) < 4.78 is 4.46. The molecule has 1 amide bonds. The van der Waals surface area contributed by atoms with Crippen molar-refractivity contribution in [3.05, 3.63) is 35.9 Å². The van der Waals surface area contributed by atoms with Crippen LogP contribution in [-0.4, -0.2) is 31.3 Å². The first-order valence-corrected chi connectivity index (χ1v) is 6.30. The average molecular weight is 267 g/mol. The Bertz CT molecular complexity index is 394. The number of nitrogens with one attached hydrogen (secondary N) is 1. The lowest BCUT2D eigenvalue weighted by Gasteiger charge is -2.14. The van der Waals surface area contributed by atoms with Crippen LogP contribution in [0.5, 0.6) is 0 Å². The second kappa shape index (κ2) is 7.76. The van der Waals surface area contributed by atoms with Gasteiger partial charge in [0, 0.05) is 5.75 Å². The van der Waals surface area contributed by atoms with Gasteiger partial charge in [0.1, 0.15) is 6.54 Å². The quantitative estimate of drug-likeness (QED) is 0.598. The van der Waals surface area contributed by atoms with Crippen LogP contribution in [0, 0.1) is 5.92 Å². The Kier molecular flexibility index (Phi) is 6.28. The Hall–Kier alpha value is -1.49. The zero-order valence-corrected chi connectivity index (χ0v) is 11.2. The van der Waals surface area contributed by atoms with Gasteiger partial charge in [-0.3, -0.25) is 9.59 Å². The Labute approximate surface area is 112 Å². The first kappa shape index (κ1) is 14.6. The molecule has 0 saturated heterocycles. The maximum atomic E-state index is 11.8. The summed E-state index contributed by atoms with van der Waals surface area (Å²) >= 11 is 4.18. The van der Waals surface area contributed by atoms with E-state index in [1.807, 2.05) is 30.3 Å². The number of methoxy groups -OCH3 is 1. The number of carbonyl (C=O) groups excluding carboxylic acids is 2. The maximum Gasteiger partial charge on any atom is 0.325 e. The zero-order valence-electron chi connectivity index (χ0n) is 10.3. The molecule has 0 aliphatic carbocycles. The Morgan fingerprint density at radius 3 is 2.56 bits per heavy atom. The summed E-state index contributed by atoms with van der Waals surface area (Å²) in [5, 5.41) is 2.54. The minimum absolute atomic E-state index is 0.103. The molecule has 0 saturated carbocycles. The van der Waals surface area contributed by atoms with E-state index < -0.39 is 5.97 Å². The molecule has 4 nitrogen and oxygen atoms in total. The molecule has 18 heavy (non-hydrogen) atoms. The molecule has 0 aliphatic rings. The van der Waals surface area contributed by atoms with E-state index in [-0.39, 0.29) is 18.4 Å². The highest BCUT2D eigenvalue weighted by atomic mass is 32.1. The lowest BCUT2D eigenvalue weighted by molar-refractivity contribution is -0.141. The second-order valence-corrected chi connectivity index (χ2v) is 4.23. The molecule has 0 radical (unpaired) electrons. The molecule has 0 heterocycles. The van der Waals surface area contributed by atoms with Crippen LogP contribution in [0.1, 0.15) is 5.56 Å². The molecule has 1 atom stereocenters. The first-order valence-electron chi connectivity index (χ1n) is 5.66. The summed E-state index contributed by atoms with van der Waals surface area (Å²) in [6.45, 7) is -0.103. The Balaban J connectivity index is 2.50. The van der Waals surface area contributed by atoms with E-state index in [0.717, 1.165) is 5.56 Å². The number of esters is 1. The fourth-order valence-corrected chi connectivity index (χ4v) is 1.81. The normalized spacial score (nSPS) is 11.7. The van der Waals surface area contributed by atoms with E-state index in [4.69, 9.17) is 0 Å². The molecule has 0 bridgehead atoms.